The van der Waals surface area contributed by atoms with Crippen molar-refractivity contribution in [3.8, 4) is 6.07 Å². The van der Waals surface area contributed by atoms with Crippen LogP contribution in [0.4, 0.5) is 22.0 Å². The molecule has 9 heteroatoms. The molecule has 2 N–H and O–H groups in total. The van der Waals surface area contributed by atoms with Gasteiger partial charge in [0.15, 0.2) is 17.7 Å². The van der Waals surface area contributed by atoms with Crippen molar-refractivity contribution in [3.05, 3.63) is 58.9 Å². The maximum atomic E-state index is 13.6. The summed E-state index contributed by atoms with van der Waals surface area (Å²) in [5.41, 5.74) is -1.31. The third kappa shape index (κ3) is 3.48. The van der Waals surface area contributed by atoms with Gasteiger partial charge in [-0.3, -0.25) is 4.79 Å². The molecular formula is C14H8F5N3O. The lowest BCUT2D eigenvalue weighted by Gasteiger charge is -2.22. The molecule has 0 aliphatic carbocycles. The third-order valence-corrected chi connectivity index (χ3v) is 2.96. The molecule has 120 valence electrons. The van der Waals surface area contributed by atoms with Crippen LogP contribution in [0.3, 0.4) is 0 Å². The van der Waals surface area contributed by atoms with Crippen LogP contribution < -0.4 is 5.32 Å². The van der Waals surface area contributed by atoms with E-state index in [0.29, 0.717) is 6.07 Å². The SMILES string of the molecule is N#Cc1cc(C(=O)N[C@@H](c2cccc(F)c2F)C(F)(F)F)c[nH]1. The van der Waals surface area contributed by atoms with Crippen molar-refractivity contribution in [1.29, 1.82) is 5.26 Å². The second kappa shape index (κ2) is 6.08. The number of nitriles is 1. The van der Waals surface area contributed by atoms with Gasteiger partial charge in [-0.2, -0.15) is 18.4 Å². The van der Waals surface area contributed by atoms with Crippen molar-refractivity contribution in [2.24, 2.45) is 0 Å². The number of alkyl halides is 3. The topological polar surface area (TPSA) is 68.7 Å². The van der Waals surface area contributed by atoms with Crippen molar-refractivity contribution >= 4 is 5.91 Å². The largest absolute Gasteiger partial charge is 0.412 e. The van der Waals surface area contributed by atoms with Crippen LogP contribution >= 0.6 is 0 Å². The zero-order valence-corrected chi connectivity index (χ0v) is 11.2. The monoisotopic (exact) mass is 329 g/mol. The van der Waals surface area contributed by atoms with Crippen molar-refractivity contribution < 1.29 is 26.7 Å². The molecule has 1 heterocycles. The summed E-state index contributed by atoms with van der Waals surface area (Å²) in [6.45, 7) is 0. The van der Waals surface area contributed by atoms with Gasteiger partial charge < -0.3 is 10.3 Å². The van der Waals surface area contributed by atoms with Crippen LogP contribution in [0, 0.1) is 23.0 Å². The van der Waals surface area contributed by atoms with Gasteiger partial charge in [-0.15, -0.1) is 0 Å². The Hall–Kier alpha value is -2.89. The Kier molecular flexibility index (Phi) is 4.36. The van der Waals surface area contributed by atoms with Gasteiger partial charge in [0, 0.05) is 11.8 Å². The molecule has 1 aromatic heterocycles. The Morgan fingerprint density at radius 1 is 1.30 bits per heavy atom. The Morgan fingerprint density at radius 2 is 2.00 bits per heavy atom. The second-order valence-electron chi connectivity index (χ2n) is 4.50. The predicted molar refractivity (Wildman–Crippen MR) is 68.1 cm³/mol. The molecule has 0 unspecified atom stereocenters. The van der Waals surface area contributed by atoms with Crippen molar-refractivity contribution in [3.63, 3.8) is 0 Å². The number of aromatic nitrogens is 1. The van der Waals surface area contributed by atoms with Gasteiger partial charge in [0.25, 0.3) is 5.91 Å². The molecule has 1 aromatic carbocycles. The van der Waals surface area contributed by atoms with E-state index in [1.54, 1.807) is 11.4 Å². The molecule has 2 rings (SSSR count). The maximum Gasteiger partial charge on any atom is 0.412 e. The fourth-order valence-corrected chi connectivity index (χ4v) is 1.88. The molecule has 23 heavy (non-hydrogen) atoms. The normalized spacial score (nSPS) is 12.5. The molecule has 0 bridgehead atoms. The first-order valence-electron chi connectivity index (χ1n) is 6.14. The average Bonchev–Trinajstić information content (AvgIpc) is 2.96. The first-order valence-corrected chi connectivity index (χ1v) is 6.14. The maximum absolute atomic E-state index is 13.6. The predicted octanol–water partition coefficient (Wildman–Crippen LogP) is 3.20. The van der Waals surface area contributed by atoms with Crippen molar-refractivity contribution in [2.45, 2.75) is 12.2 Å². The molecule has 0 aliphatic heterocycles. The molecule has 0 fully saturated rings. The summed E-state index contributed by atoms with van der Waals surface area (Å²) in [4.78, 5) is 14.2. The van der Waals surface area contributed by atoms with E-state index in [1.807, 2.05) is 0 Å². The van der Waals surface area contributed by atoms with Crippen LogP contribution in [0.25, 0.3) is 0 Å². The fraction of sp³-hybridized carbons (Fsp3) is 0.143. The summed E-state index contributed by atoms with van der Waals surface area (Å²) < 4.78 is 66.1. The number of carbonyl (C=O) groups is 1. The number of benzene rings is 1. The van der Waals surface area contributed by atoms with Crippen molar-refractivity contribution in [2.75, 3.05) is 0 Å². The summed E-state index contributed by atoms with van der Waals surface area (Å²) in [5, 5.41) is 10.2. The number of halogens is 5. The molecule has 0 radical (unpaired) electrons. The Bertz CT molecular complexity index is 775. The second-order valence-corrected chi connectivity index (χ2v) is 4.50. The van der Waals surface area contributed by atoms with Gasteiger partial charge >= 0.3 is 6.18 Å². The number of rotatable bonds is 3. The molecule has 0 saturated heterocycles. The number of amides is 1. The average molecular weight is 329 g/mol. The lowest BCUT2D eigenvalue weighted by atomic mass is 10.0. The number of hydrogen-bond donors (Lipinski definition) is 2. The fourth-order valence-electron chi connectivity index (χ4n) is 1.88. The molecule has 1 atom stereocenters. The van der Waals surface area contributed by atoms with Gasteiger partial charge in [-0.05, 0) is 12.1 Å². The van der Waals surface area contributed by atoms with E-state index in [4.69, 9.17) is 5.26 Å². The summed E-state index contributed by atoms with van der Waals surface area (Å²) >= 11 is 0. The van der Waals surface area contributed by atoms with Crippen LogP contribution in [0.2, 0.25) is 0 Å². The number of aromatic amines is 1. The molecule has 0 aliphatic rings. The molecule has 4 nitrogen and oxygen atoms in total. The molecule has 0 saturated carbocycles. The summed E-state index contributed by atoms with van der Waals surface area (Å²) in [7, 11) is 0. The van der Waals surface area contributed by atoms with E-state index in [0.717, 1.165) is 24.4 Å². The Labute approximate surface area is 126 Å². The highest BCUT2D eigenvalue weighted by molar-refractivity contribution is 5.94. The van der Waals surface area contributed by atoms with E-state index in [9.17, 15) is 26.7 Å². The van der Waals surface area contributed by atoms with E-state index < -0.39 is 35.3 Å². The van der Waals surface area contributed by atoms with Crippen LogP contribution in [0.15, 0.2) is 30.5 Å². The first kappa shape index (κ1) is 16.5. The highest BCUT2D eigenvalue weighted by Gasteiger charge is 2.43. The number of nitrogens with one attached hydrogen (secondary N) is 2. The van der Waals surface area contributed by atoms with Crippen LogP contribution in [0.1, 0.15) is 27.7 Å². The quantitative estimate of drug-likeness (QED) is 0.849. The zero-order valence-electron chi connectivity index (χ0n) is 11.2. The number of carbonyl (C=O) groups excluding carboxylic acids is 1. The first-order chi connectivity index (χ1) is 10.7. The van der Waals surface area contributed by atoms with Crippen molar-refractivity contribution in [1.82, 2.24) is 10.3 Å². The number of hydrogen-bond acceptors (Lipinski definition) is 2. The van der Waals surface area contributed by atoms with Crippen LogP contribution in [-0.4, -0.2) is 17.1 Å². The lowest BCUT2D eigenvalue weighted by Crippen LogP contribution is -2.38. The van der Waals surface area contributed by atoms with E-state index >= 15 is 0 Å². The third-order valence-electron chi connectivity index (χ3n) is 2.96. The number of H-pyrrole nitrogens is 1. The summed E-state index contributed by atoms with van der Waals surface area (Å²) in [5.74, 6) is -4.34. The molecular weight excluding hydrogens is 321 g/mol. The van der Waals surface area contributed by atoms with Gasteiger partial charge in [-0.1, -0.05) is 12.1 Å². The minimum Gasteiger partial charge on any atom is -0.352 e. The zero-order chi connectivity index (χ0) is 17.2. The minimum atomic E-state index is -5.04. The van der Waals surface area contributed by atoms with Gasteiger partial charge in [-0.25, -0.2) is 8.78 Å². The van der Waals surface area contributed by atoms with Crippen LogP contribution in [0.5, 0.6) is 0 Å². The van der Waals surface area contributed by atoms with Crippen LogP contribution in [-0.2, 0) is 0 Å². The lowest BCUT2D eigenvalue weighted by molar-refractivity contribution is -0.155. The standard InChI is InChI=1S/C14H8F5N3O/c15-10-3-1-2-9(11(10)16)12(14(17,18)19)22-13(23)7-4-8(5-20)21-6-7/h1-4,6,12,21H,(H,22,23)/t12-/m0/s1. The Balaban J connectivity index is 2.35. The van der Waals surface area contributed by atoms with E-state index in [2.05, 4.69) is 4.98 Å². The molecule has 1 amide bonds. The summed E-state index contributed by atoms with van der Waals surface area (Å²) in [6.07, 6.45) is -4.01. The smallest absolute Gasteiger partial charge is 0.352 e. The van der Waals surface area contributed by atoms with Gasteiger partial charge in [0.05, 0.1) is 5.56 Å². The molecule has 2 aromatic rings. The minimum absolute atomic E-state index is 0.0318. The number of nitrogens with zero attached hydrogens (tertiary/aromatic N) is 1. The van der Waals surface area contributed by atoms with E-state index in [-0.39, 0.29) is 11.3 Å². The highest BCUT2D eigenvalue weighted by Crippen LogP contribution is 2.34. The van der Waals surface area contributed by atoms with Gasteiger partial charge in [0.2, 0.25) is 0 Å². The van der Waals surface area contributed by atoms with Gasteiger partial charge in [0.1, 0.15) is 11.8 Å². The van der Waals surface area contributed by atoms with E-state index in [1.165, 1.54) is 0 Å². The molecule has 0 spiro atoms. The highest BCUT2D eigenvalue weighted by atomic mass is 19.4. The Morgan fingerprint density at radius 3 is 2.57 bits per heavy atom. The summed E-state index contributed by atoms with van der Waals surface area (Å²) in [6, 6.07) is 2.27.